The van der Waals surface area contributed by atoms with Gasteiger partial charge in [0.15, 0.2) is 0 Å². The Morgan fingerprint density at radius 1 is 1.29 bits per heavy atom. The summed E-state index contributed by atoms with van der Waals surface area (Å²) in [6.07, 6.45) is 5.76. The summed E-state index contributed by atoms with van der Waals surface area (Å²) < 4.78 is 0. The van der Waals surface area contributed by atoms with Crippen LogP contribution in [0.5, 0.6) is 0 Å². The molecule has 4 nitrogen and oxygen atoms in total. The van der Waals surface area contributed by atoms with E-state index in [9.17, 15) is 0 Å². The number of anilines is 1. The minimum atomic E-state index is 0.835. The molecule has 5 heteroatoms. The van der Waals surface area contributed by atoms with E-state index in [1.807, 2.05) is 11.8 Å². The van der Waals surface area contributed by atoms with Gasteiger partial charge in [0, 0.05) is 11.3 Å². The van der Waals surface area contributed by atoms with E-state index in [4.69, 9.17) is 5.84 Å². The molecule has 1 aliphatic rings. The number of thioether (sulfide) groups is 1. The van der Waals surface area contributed by atoms with Gasteiger partial charge < -0.3 is 5.43 Å². The van der Waals surface area contributed by atoms with Crippen LogP contribution in [-0.2, 0) is 18.6 Å². The molecule has 17 heavy (non-hydrogen) atoms. The summed E-state index contributed by atoms with van der Waals surface area (Å²) in [5.74, 6) is 9.34. The number of hydrogen-bond donors (Lipinski definition) is 2. The van der Waals surface area contributed by atoms with Gasteiger partial charge in [0.1, 0.15) is 11.6 Å². The Morgan fingerprint density at radius 2 is 2.12 bits per heavy atom. The number of nitrogens with zero attached hydrogens (tertiary/aromatic N) is 2. The lowest BCUT2D eigenvalue weighted by atomic mass is 9.96. The predicted octanol–water partition coefficient (Wildman–Crippen LogP) is 2.28. The molecule has 3 N–H and O–H groups in total. The minimum absolute atomic E-state index is 0.835. The quantitative estimate of drug-likeness (QED) is 0.478. The number of nitrogen functional groups attached to an aromatic ring is 1. The summed E-state index contributed by atoms with van der Waals surface area (Å²) in [7, 11) is 0. The highest BCUT2D eigenvalue weighted by molar-refractivity contribution is 7.98. The normalized spacial score (nSPS) is 14.5. The van der Waals surface area contributed by atoms with Gasteiger partial charge in [-0.15, -0.1) is 0 Å². The SMILES string of the molecule is CCCSCc1nc2c(c(NN)n1)CCCC2. The maximum absolute atomic E-state index is 5.55. The van der Waals surface area contributed by atoms with Crippen LogP contribution in [0.15, 0.2) is 0 Å². The first kappa shape index (κ1) is 12.6. The van der Waals surface area contributed by atoms with Gasteiger partial charge in [-0.3, -0.25) is 0 Å². The van der Waals surface area contributed by atoms with Crippen molar-refractivity contribution in [3.63, 3.8) is 0 Å². The highest BCUT2D eigenvalue weighted by Crippen LogP contribution is 2.25. The van der Waals surface area contributed by atoms with Gasteiger partial charge in [-0.2, -0.15) is 11.8 Å². The van der Waals surface area contributed by atoms with Gasteiger partial charge in [0.2, 0.25) is 0 Å². The van der Waals surface area contributed by atoms with Gasteiger partial charge in [-0.05, 0) is 37.9 Å². The molecule has 2 rings (SSSR count). The zero-order valence-corrected chi connectivity index (χ0v) is 11.1. The summed E-state index contributed by atoms with van der Waals surface area (Å²) in [6, 6.07) is 0. The number of rotatable bonds is 5. The van der Waals surface area contributed by atoms with Crippen molar-refractivity contribution in [3.05, 3.63) is 17.1 Å². The van der Waals surface area contributed by atoms with E-state index >= 15 is 0 Å². The third-order valence-corrected chi connectivity index (χ3v) is 4.11. The molecule has 0 fully saturated rings. The molecule has 0 aliphatic heterocycles. The number of aryl methyl sites for hydroxylation is 1. The van der Waals surface area contributed by atoms with Crippen molar-refractivity contribution in [2.45, 2.75) is 44.8 Å². The number of nitrogens with one attached hydrogen (secondary N) is 1. The highest BCUT2D eigenvalue weighted by Gasteiger charge is 2.17. The highest BCUT2D eigenvalue weighted by atomic mass is 32.2. The Labute approximate surface area is 107 Å². The Bertz CT molecular complexity index is 364. The average Bonchev–Trinajstić information content (AvgIpc) is 2.38. The van der Waals surface area contributed by atoms with Crippen LogP contribution in [0.2, 0.25) is 0 Å². The van der Waals surface area contributed by atoms with Gasteiger partial charge in [-0.1, -0.05) is 6.92 Å². The molecule has 0 atom stereocenters. The maximum atomic E-state index is 5.55. The Balaban J connectivity index is 2.17. The van der Waals surface area contributed by atoms with Crippen LogP contribution >= 0.6 is 11.8 Å². The molecule has 0 amide bonds. The third kappa shape index (κ3) is 3.10. The molecule has 0 saturated heterocycles. The first-order valence-corrected chi connectivity index (χ1v) is 7.43. The van der Waals surface area contributed by atoms with Crippen molar-refractivity contribution in [1.29, 1.82) is 0 Å². The monoisotopic (exact) mass is 252 g/mol. The van der Waals surface area contributed by atoms with E-state index in [1.165, 1.54) is 30.5 Å². The molecule has 0 spiro atoms. The smallest absolute Gasteiger partial charge is 0.147 e. The van der Waals surface area contributed by atoms with Gasteiger partial charge in [-0.25, -0.2) is 15.8 Å². The van der Waals surface area contributed by atoms with E-state index in [0.29, 0.717) is 0 Å². The van der Waals surface area contributed by atoms with E-state index in [0.717, 1.165) is 36.0 Å². The molecule has 1 aromatic rings. The van der Waals surface area contributed by atoms with Crippen LogP contribution in [0.4, 0.5) is 5.82 Å². The molecule has 0 saturated carbocycles. The molecule has 1 aliphatic carbocycles. The second kappa shape index (κ2) is 6.21. The fourth-order valence-corrected chi connectivity index (χ4v) is 2.88. The number of hydrazine groups is 1. The second-order valence-corrected chi connectivity index (χ2v) is 5.42. The number of fused-ring (bicyclic) bond motifs is 1. The minimum Gasteiger partial charge on any atom is -0.308 e. The number of aromatic nitrogens is 2. The Hall–Kier alpha value is -0.810. The fourth-order valence-electron chi connectivity index (χ4n) is 2.14. The zero-order chi connectivity index (χ0) is 12.1. The lowest BCUT2D eigenvalue weighted by Crippen LogP contribution is -2.17. The molecular weight excluding hydrogens is 232 g/mol. The standard InChI is InChI=1S/C12H20N4S/c1-2-7-17-8-11-14-10-6-4-3-5-9(10)12(15-11)16-13/h2-8,13H2,1H3,(H,14,15,16). The van der Waals surface area contributed by atoms with Crippen molar-refractivity contribution in [2.24, 2.45) is 5.84 Å². The molecule has 1 aromatic heterocycles. The summed E-state index contributed by atoms with van der Waals surface area (Å²) in [5, 5.41) is 0. The lowest BCUT2D eigenvalue weighted by molar-refractivity contribution is 0.659. The van der Waals surface area contributed by atoms with Gasteiger partial charge >= 0.3 is 0 Å². The van der Waals surface area contributed by atoms with Crippen molar-refractivity contribution < 1.29 is 0 Å². The molecule has 0 unspecified atom stereocenters. The predicted molar refractivity (Wildman–Crippen MR) is 72.9 cm³/mol. The average molecular weight is 252 g/mol. The third-order valence-electron chi connectivity index (χ3n) is 2.95. The lowest BCUT2D eigenvalue weighted by Gasteiger charge is -2.18. The van der Waals surface area contributed by atoms with Crippen molar-refractivity contribution in [3.8, 4) is 0 Å². The molecule has 1 heterocycles. The molecular formula is C12H20N4S. The van der Waals surface area contributed by atoms with Crippen LogP contribution in [0, 0.1) is 0 Å². The van der Waals surface area contributed by atoms with Crippen LogP contribution in [0.25, 0.3) is 0 Å². The summed E-state index contributed by atoms with van der Waals surface area (Å²) in [4.78, 5) is 9.17. The number of hydrogen-bond acceptors (Lipinski definition) is 5. The van der Waals surface area contributed by atoms with Crippen molar-refractivity contribution in [2.75, 3.05) is 11.2 Å². The van der Waals surface area contributed by atoms with Gasteiger partial charge in [0.05, 0.1) is 5.75 Å². The van der Waals surface area contributed by atoms with E-state index in [2.05, 4.69) is 22.3 Å². The first-order chi connectivity index (χ1) is 8.35. The van der Waals surface area contributed by atoms with E-state index < -0.39 is 0 Å². The number of nitrogens with two attached hydrogens (primary N) is 1. The van der Waals surface area contributed by atoms with E-state index in [1.54, 1.807) is 0 Å². The van der Waals surface area contributed by atoms with Crippen LogP contribution in [-0.4, -0.2) is 15.7 Å². The van der Waals surface area contributed by atoms with Gasteiger partial charge in [0.25, 0.3) is 0 Å². The summed E-state index contributed by atoms with van der Waals surface area (Å²) >= 11 is 1.88. The van der Waals surface area contributed by atoms with E-state index in [-0.39, 0.29) is 0 Å². The van der Waals surface area contributed by atoms with Crippen LogP contribution in [0.1, 0.15) is 43.3 Å². The molecule has 0 radical (unpaired) electrons. The Morgan fingerprint density at radius 3 is 2.88 bits per heavy atom. The van der Waals surface area contributed by atoms with Crippen molar-refractivity contribution >= 4 is 17.6 Å². The second-order valence-electron chi connectivity index (χ2n) is 4.32. The Kier molecular flexibility index (Phi) is 4.62. The maximum Gasteiger partial charge on any atom is 0.147 e. The zero-order valence-electron chi connectivity index (χ0n) is 10.3. The largest absolute Gasteiger partial charge is 0.308 e. The molecule has 94 valence electrons. The molecule has 0 bridgehead atoms. The van der Waals surface area contributed by atoms with Crippen LogP contribution < -0.4 is 11.3 Å². The summed E-state index contributed by atoms with van der Waals surface area (Å²) in [6.45, 7) is 2.19. The topological polar surface area (TPSA) is 63.8 Å². The fraction of sp³-hybridized carbons (Fsp3) is 0.667. The summed E-state index contributed by atoms with van der Waals surface area (Å²) in [5.41, 5.74) is 5.15. The first-order valence-electron chi connectivity index (χ1n) is 6.28. The molecule has 0 aromatic carbocycles. The van der Waals surface area contributed by atoms with Crippen LogP contribution in [0.3, 0.4) is 0 Å². The van der Waals surface area contributed by atoms with Crippen molar-refractivity contribution in [1.82, 2.24) is 9.97 Å².